The first-order chi connectivity index (χ1) is 18.4. The van der Waals surface area contributed by atoms with Gasteiger partial charge in [-0.2, -0.15) is 9.97 Å². The Morgan fingerprint density at radius 1 is 1.05 bits per heavy atom. The molecule has 1 fully saturated rings. The molecule has 0 amide bonds. The molecule has 0 bridgehead atoms. The van der Waals surface area contributed by atoms with Gasteiger partial charge in [0.1, 0.15) is 18.3 Å². The molecule has 1 saturated heterocycles. The van der Waals surface area contributed by atoms with Crippen LogP contribution in [0.2, 0.25) is 5.28 Å². The standard InChI is InChI=1S/C22H24ClN5O9P2/c23-22-26-19(24-8-13-6-3-5-12-4-1-2-7-14(12)13)16-20(27-22)28(10-25-16)21-18(30)17(29)15(37-21)9-36-39(34,35)11-38(31,32)33/h1-7,10,15,17-18,21,29-30H,8-9,11H2,(H,34,35)(H,24,26,27)(H2,31,32,33). The van der Waals surface area contributed by atoms with Crippen molar-refractivity contribution < 1.29 is 43.3 Å². The highest BCUT2D eigenvalue weighted by Crippen LogP contribution is 2.55. The molecule has 0 saturated carbocycles. The number of rotatable bonds is 9. The van der Waals surface area contributed by atoms with Crippen LogP contribution in [0.15, 0.2) is 48.8 Å². The van der Waals surface area contributed by atoms with Gasteiger partial charge >= 0.3 is 15.2 Å². The quantitative estimate of drug-likeness (QED) is 0.120. The van der Waals surface area contributed by atoms with E-state index < -0.39 is 52.2 Å². The van der Waals surface area contributed by atoms with Crippen LogP contribution in [-0.4, -0.2) is 75.2 Å². The number of ether oxygens (including phenoxy) is 1. The minimum Gasteiger partial charge on any atom is -0.387 e. The Kier molecular flexibility index (Phi) is 7.79. The molecule has 1 aliphatic heterocycles. The van der Waals surface area contributed by atoms with Crippen molar-refractivity contribution in [1.82, 2.24) is 19.5 Å². The first-order valence-electron chi connectivity index (χ1n) is 11.5. The van der Waals surface area contributed by atoms with Crippen molar-refractivity contribution >= 4 is 54.5 Å². The van der Waals surface area contributed by atoms with Crippen molar-refractivity contribution in [1.29, 1.82) is 0 Å². The topological polar surface area (TPSA) is 209 Å². The lowest BCUT2D eigenvalue weighted by atomic mass is 10.0. The van der Waals surface area contributed by atoms with Crippen molar-refractivity contribution in [2.45, 2.75) is 31.1 Å². The number of imidazole rings is 1. The van der Waals surface area contributed by atoms with E-state index in [1.165, 1.54) is 10.9 Å². The number of nitrogens with one attached hydrogen (secondary N) is 1. The van der Waals surface area contributed by atoms with Crippen LogP contribution in [-0.2, 0) is 24.9 Å². The molecule has 1 aliphatic rings. The summed E-state index contributed by atoms with van der Waals surface area (Å²) in [6.45, 7) is -0.324. The summed E-state index contributed by atoms with van der Waals surface area (Å²) in [7, 11) is -9.53. The minimum absolute atomic E-state index is 0.115. The monoisotopic (exact) mass is 599 g/mol. The van der Waals surface area contributed by atoms with Gasteiger partial charge in [-0.15, -0.1) is 0 Å². The summed E-state index contributed by atoms with van der Waals surface area (Å²) in [5, 5.41) is 26.3. The first kappa shape index (κ1) is 28.1. The molecule has 3 heterocycles. The average molecular weight is 600 g/mol. The summed E-state index contributed by atoms with van der Waals surface area (Å²) in [6.07, 6.45) is -4.33. The van der Waals surface area contributed by atoms with E-state index in [0.29, 0.717) is 17.9 Å². The number of halogens is 1. The summed E-state index contributed by atoms with van der Waals surface area (Å²) >= 11 is 6.18. The van der Waals surface area contributed by atoms with Gasteiger partial charge in [-0.25, -0.2) is 4.98 Å². The maximum absolute atomic E-state index is 12.0. The Labute approximate surface area is 225 Å². The van der Waals surface area contributed by atoms with Crippen LogP contribution in [0.4, 0.5) is 5.82 Å². The van der Waals surface area contributed by atoms with E-state index in [9.17, 15) is 24.2 Å². The van der Waals surface area contributed by atoms with Gasteiger partial charge in [0.05, 0.1) is 12.9 Å². The van der Waals surface area contributed by atoms with E-state index >= 15 is 0 Å². The van der Waals surface area contributed by atoms with Gasteiger partial charge < -0.3 is 39.5 Å². The Morgan fingerprint density at radius 2 is 1.79 bits per heavy atom. The maximum Gasteiger partial charge on any atom is 0.340 e. The molecule has 0 spiro atoms. The van der Waals surface area contributed by atoms with Crippen LogP contribution in [0.3, 0.4) is 0 Å². The third-order valence-corrected chi connectivity index (χ3v) is 9.76. The molecule has 208 valence electrons. The first-order valence-corrected chi connectivity index (χ1v) is 15.5. The van der Waals surface area contributed by atoms with Crippen LogP contribution in [0.5, 0.6) is 0 Å². The van der Waals surface area contributed by atoms with Crippen molar-refractivity contribution in [3.8, 4) is 0 Å². The summed E-state index contributed by atoms with van der Waals surface area (Å²) < 4.78 is 34.8. The van der Waals surface area contributed by atoms with Crippen LogP contribution >= 0.6 is 26.8 Å². The van der Waals surface area contributed by atoms with Crippen LogP contribution < -0.4 is 5.32 Å². The minimum atomic E-state index is -4.84. The second-order valence-electron chi connectivity index (χ2n) is 8.94. The Bertz CT molecular complexity index is 1610. The van der Waals surface area contributed by atoms with E-state index in [4.69, 9.17) is 30.6 Å². The van der Waals surface area contributed by atoms with Gasteiger partial charge in [-0.3, -0.25) is 13.7 Å². The summed E-state index contributed by atoms with van der Waals surface area (Å²) in [4.78, 5) is 40.3. The summed E-state index contributed by atoms with van der Waals surface area (Å²) in [5.41, 5.74) is 1.50. The molecule has 4 aromatic rings. The number of anilines is 1. The third-order valence-electron chi connectivity index (χ3n) is 6.14. The van der Waals surface area contributed by atoms with Gasteiger partial charge in [-0.05, 0) is 27.9 Å². The van der Waals surface area contributed by atoms with Crippen molar-refractivity contribution in [2.24, 2.45) is 0 Å². The van der Waals surface area contributed by atoms with Gasteiger partial charge in [0.2, 0.25) is 5.28 Å². The lowest BCUT2D eigenvalue weighted by Crippen LogP contribution is -2.33. The number of nitrogens with zero attached hydrogens (tertiary/aromatic N) is 4. The van der Waals surface area contributed by atoms with E-state index in [2.05, 4.69) is 20.3 Å². The number of hydrogen-bond acceptors (Lipinski definition) is 10. The number of fused-ring (bicyclic) bond motifs is 2. The fourth-order valence-corrected chi connectivity index (χ4v) is 7.12. The summed E-state index contributed by atoms with van der Waals surface area (Å²) in [6, 6.07) is 13.9. The zero-order valence-electron chi connectivity index (χ0n) is 20.0. The number of benzene rings is 2. The molecule has 6 N–H and O–H groups in total. The van der Waals surface area contributed by atoms with Crippen LogP contribution in [0, 0.1) is 0 Å². The van der Waals surface area contributed by atoms with E-state index in [0.717, 1.165) is 16.3 Å². The zero-order chi connectivity index (χ0) is 27.9. The molecule has 2 aromatic carbocycles. The molecule has 14 nitrogen and oxygen atoms in total. The average Bonchev–Trinajstić information content (AvgIpc) is 3.40. The number of aromatic nitrogens is 4. The maximum atomic E-state index is 12.0. The van der Waals surface area contributed by atoms with E-state index in [1.54, 1.807) is 0 Å². The van der Waals surface area contributed by atoms with Gasteiger partial charge in [-0.1, -0.05) is 42.5 Å². The molecular weight excluding hydrogens is 576 g/mol. The van der Waals surface area contributed by atoms with E-state index in [1.807, 2.05) is 42.5 Å². The second-order valence-corrected chi connectivity index (χ2v) is 13.3. The smallest absolute Gasteiger partial charge is 0.340 e. The molecule has 17 heteroatoms. The molecule has 39 heavy (non-hydrogen) atoms. The molecule has 0 aliphatic carbocycles. The number of hydrogen-bond donors (Lipinski definition) is 6. The lowest BCUT2D eigenvalue weighted by Gasteiger charge is -2.18. The molecule has 5 rings (SSSR count). The fourth-order valence-electron chi connectivity index (χ4n) is 4.39. The zero-order valence-corrected chi connectivity index (χ0v) is 22.5. The van der Waals surface area contributed by atoms with Gasteiger partial charge in [0.15, 0.2) is 29.1 Å². The Hall–Kier alpha value is -2.48. The second kappa shape index (κ2) is 10.8. The SMILES string of the molecule is O=P(O)(O)CP(=O)(O)OCC1OC(n2cnc3c(NCc4cccc5ccccc45)nc(Cl)nc32)C(O)C1O. The predicted molar refractivity (Wildman–Crippen MR) is 140 cm³/mol. The molecule has 2 aromatic heterocycles. The number of aliphatic hydroxyl groups excluding tert-OH is 2. The Balaban J connectivity index is 1.36. The highest BCUT2D eigenvalue weighted by atomic mass is 35.5. The largest absolute Gasteiger partial charge is 0.387 e. The van der Waals surface area contributed by atoms with Gasteiger partial charge in [0, 0.05) is 6.54 Å². The normalized spacial score (nSPS) is 23.3. The van der Waals surface area contributed by atoms with Crippen molar-refractivity contribution in [3.63, 3.8) is 0 Å². The lowest BCUT2D eigenvalue weighted by molar-refractivity contribution is -0.0483. The van der Waals surface area contributed by atoms with Crippen LogP contribution in [0.1, 0.15) is 11.8 Å². The molecule has 0 radical (unpaired) electrons. The highest BCUT2D eigenvalue weighted by Gasteiger charge is 2.45. The Morgan fingerprint density at radius 3 is 2.56 bits per heavy atom. The molecule has 5 unspecified atom stereocenters. The summed E-state index contributed by atoms with van der Waals surface area (Å²) in [5.74, 6) is -1.08. The van der Waals surface area contributed by atoms with Crippen molar-refractivity contribution in [3.05, 3.63) is 59.6 Å². The van der Waals surface area contributed by atoms with Gasteiger partial charge in [0.25, 0.3) is 0 Å². The van der Waals surface area contributed by atoms with Crippen LogP contribution in [0.25, 0.3) is 21.9 Å². The predicted octanol–water partition coefficient (Wildman–Crippen LogP) is 2.20. The van der Waals surface area contributed by atoms with Crippen molar-refractivity contribution in [2.75, 3.05) is 17.8 Å². The fraction of sp³-hybridized carbons (Fsp3) is 0.318. The van der Waals surface area contributed by atoms with E-state index in [-0.39, 0.29) is 10.9 Å². The number of aliphatic hydroxyl groups is 2. The third kappa shape index (κ3) is 6.16. The molecular formula is C22H24ClN5O9P2. The molecule has 5 atom stereocenters. The highest BCUT2D eigenvalue weighted by molar-refractivity contribution is 7.70.